The number of halogens is 1. The second-order valence-electron chi connectivity index (χ2n) is 4.42. The Balaban J connectivity index is 2.40. The third-order valence-electron chi connectivity index (χ3n) is 3.15. The van der Waals surface area contributed by atoms with E-state index in [1.54, 1.807) is 7.11 Å². The van der Waals surface area contributed by atoms with Crippen LogP contribution in [0.2, 0.25) is 0 Å². The molecule has 0 aliphatic carbocycles. The lowest BCUT2D eigenvalue weighted by atomic mass is 10.2. The molecule has 2 atom stereocenters. The van der Waals surface area contributed by atoms with Gasteiger partial charge in [0, 0.05) is 29.8 Å². The molecule has 1 heterocycles. The highest BCUT2D eigenvalue weighted by Gasteiger charge is 2.35. The maximum Gasteiger partial charge on any atom is 0.122 e. The molecule has 0 bridgehead atoms. The number of methoxy groups -OCH3 is 1. The van der Waals surface area contributed by atoms with Crippen molar-refractivity contribution < 1.29 is 9.30 Å². The molecule has 1 aromatic carbocycles. The molecule has 2 nitrogen and oxygen atoms in total. The van der Waals surface area contributed by atoms with Crippen LogP contribution in [0, 0.1) is 0 Å². The van der Waals surface area contributed by atoms with E-state index in [2.05, 4.69) is 0 Å². The van der Waals surface area contributed by atoms with Crippen molar-refractivity contribution in [2.24, 2.45) is 0 Å². The molecular weight excluding hydrogens is 255 g/mol. The van der Waals surface area contributed by atoms with E-state index in [-0.39, 0.29) is 6.10 Å². The standard InChI is InChI=1S/C13H16ClO2P/c1-10-8-17(15,9-12(16-2)13(10)14)11-6-4-3-5-7-11/h3-7,12H,8-9H2,1-2H3. The molecule has 4 heteroatoms. The summed E-state index contributed by atoms with van der Waals surface area (Å²) in [4.78, 5) is 0. The van der Waals surface area contributed by atoms with Gasteiger partial charge in [0.05, 0.1) is 6.10 Å². The molecule has 0 spiro atoms. The molecule has 0 saturated carbocycles. The van der Waals surface area contributed by atoms with E-state index in [1.807, 2.05) is 37.3 Å². The van der Waals surface area contributed by atoms with Crippen molar-refractivity contribution in [1.29, 1.82) is 0 Å². The van der Waals surface area contributed by atoms with E-state index in [0.29, 0.717) is 12.3 Å². The zero-order chi connectivity index (χ0) is 12.5. The van der Waals surface area contributed by atoms with Gasteiger partial charge in [-0.05, 0) is 12.5 Å². The van der Waals surface area contributed by atoms with Gasteiger partial charge in [0.15, 0.2) is 0 Å². The summed E-state index contributed by atoms with van der Waals surface area (Å²) in [7, 11) is -0.787. The van der Waals surface area contributed by atoms with Crippen molar-refractivity contribution in [1.82, 2.24) is 0 Å². The van der Waals surface area contributed by atoms with E-state index >= 15 is 0 Å². The monoisotopic (exact) mass is 270 g/mol. The van der Waals surface area contributed by atoms with E-state index in [9.17, 15) is 4.57 Å². The van der Waals surface area contributed by atoms with Crippen LogP contribution in [0.1, 0.15) is 6.92 Å². The first-order chi connectivity index (χ1) is 8.07. The Morgan fingerprint density at radius 3 is 2.59 bits per heavy atom. The van der Waals surface area contributed by atoms with Crippen molar-refractivity contribution in [2.45, 2.75) is 13.0 Å². The van der Waals surface area contributed by atoms with Crippen molar-refractivity contribution >= 4 is 24.0 Å². The van der Waals surface area contributed by atoms with Crippen molar-refractivity contribution in [3.05, 3.63) is 40.9 Å². The van der Waals surface area contributed by atoms with Crippen LogP contribution < -0.4 is 5.30 Å². The normalized spacial score (nSPS) is 29.5. The van der Waals surface area contributed by atoms with Gasteiger partial charge in [0.25, 0.3) is 0 Å². The number of rotatable bonds is 2. The van der Waals surface area contributed by atoms with E-state index < -0.39 is 7.14 Å². The van der Waals surface area contributed by atoms with Crippen LogP contribution in [0.3, 0.4) is 0 Å². The molecule has 1 aliphatic rings. The van der Waals surface area contributed by atoms with Gasteiger partial charge in [-0.2, -0.15) is 0 Å². The summed E-state index contributed by atoms with van der Waals surface area (Å²) in [6, 6.07) is 9.64. The Labute approximate surface area is 107 Å². The second-order valence-corrected chi connectivity index (χ2v) is 7.80. The average Bonchev–Trinajstić information content (AvgIpc) is 2.35. The van der Waals surface area contributed by atoms with Gasteiger partial charge in [-0.15, -0.1) is 0 Å². The first kappa shape index (κ1) is 12.9. The summed E-state index contributed by atoms with van der Waals surface area (Å²) in [5, 5.41) is 1.64. The topological polar surface area (TPSA) is 26.3 Å². The molecule has 0 amide bonds. The highest BCUT2D eigenvalue weighted by molar-refractivity contribution is 7.72. The lowest BCUT2D eigenvalue weighted by Crippen LogP contribution is -2.27. The maximum atomic E-state index is 13.0. The van der Waals surface area contributed by atoms with Crippen molar-refractivity contribution in [3.8, 4) is 0 Å². The van der Waals surface area contributed by atoms with Crippen molar-refractivity contribution in [3.63, 3.8) is 0 Å². The van der Waals surface area contributed by atoms with Crippen LogP contribution >= 0.6 is 18.7 Å². The van der Waals surface area contributed by atoms with E-state index in [0.717, 1.165) is 15.9 Å². The minimum absolute atomic E-state index is 0.226. The second kappa shape index (κ2) is 4.97. The maximum absolute atomic E-state index is 13.0. The van der Waals surface area contributed by atoms with Gasteiger partial charge < -0.3 is 9.30 Å². The summed E-state index contributed by atoms with van der Waals surface area (Å²) in [6.07, 6.45) is 0.843. The Kier molecular flexibility index (Phi) is 3.77. The van der Waals surface area contributed by atoms with Gasteiger partial charge in [-0.1, -0.05) is 41.9 Å². The molecular formula is C13H16ClO2P. The number of allylic oxidation sites excluding steroid dienone is 1. The summed E-state index contributed by atoms with van der Waals surface area (Å²) in [5.41, 5.74) is 0.983. The fourth-order valence-corrected chi connectivity index (χ4v) is 5.70. The van der Waals surface area contributed by atoms with Gasteiger partial charge >= 0.3 is 0 Å². The summed E-state index contributed by atoms with van der Waals surface area (Å²) < 4.78 is 18.3. The lowest BCUT2D eigenvalue weighted by molar-refractivity contribution is 0.153. The van der Waals surface area contributed by atoms with Gasteiger partial charge in [-0.3, -0.25) is 0 Å². The van der Waals surface area contributed by atoms with E-state index in [4.69, 9.17) is 16.3 Å². The number of hydrogen-bond donors (Lipinski definition) is 0. The molecule has 0 aromatic heterocycles. The van der Waals surface area contributed by atoms with Crippen LogP contribution in [-0.2, 0) is 9.30 Å². The molecule has 1 aromatic rings. The van der Waals surface area contributed by atoms with Crippen LogP contribution in [0.4, 0.5) is 0 Å². The first-order valence-electron chi connectivity index (χ1n) is 5.58. The van der Waals surface area contributed by atoms with Gasteiger partial charge in [0.1, 0.15) is 7.14 Å². The molecule has 0 N–H and O–H groups in total. The Morgan fingerprint density at radius 2 is 2.00 bits per heavy atom. The largest absolute Gasteiger partial charge is 0.375 e. The minimum Gasteiger partial charge on any atom is -0.375 e. The molecule has 0 saturated heterocycles. The zero-order valence-corrected chi connectivity index (χ0v) is 11.7. The third kappa shape index (κ3) is 2.49. The average molecular weight is 271 g/mol. The molecule has 17 heavy (non-hydrogen) atoms. The first-order valence-corrected chi connectivity index (χ1v) is 8.04. The van der Waals surface area contributed by atoms with Crippen LogP contribution in [0.15, 0.2) is 40.9 Å². The van der Waals surface area contributed by atoms with E-state index in [1.165, 1.54) is 0 Å². The van der Waals surface area contributed by atoms with Crippen LogP contribution in [0.5, 0.6) is 0 Å². The predicted molar refractivity (Wildman–Crippen MR) is 72.8 cm³/mol. The minimum atomic E-state index is -2.40. The van der Waals surface area contributed by atoms with Crippen molar-refractivity contribution in [2.75, 3.05) is 19.4 Å². The molecule has 2 rings (SSSR count). The molecule has 0 fully saturated rings. The summed E-state index contributed by atoms with van der Waals surface area (Å²) in [5.74, 6) is 0. The highest BCUT2D eigenvalue weighted by atomic mass is 35.5. The highest BCUT2D eigenvalue weighted by Crippen LogP contribution is 2.51. The third-order valence-corrected chi connectivity index (χ3v) is 6.87. The Morgan fingerprint density at radius 1 is 1.35 bits per heavy atom. The Bertz CT molecular complexity index is 481. The number of hydrogen-bond acceptors (Lipinski definition) is 2. The fraction of sp³-hybridized carbons (Fsp3) is 0.385. The molecule has 2 unspecified atom stereocenters. The zero-order valence-electron chi connectivity index (χ0n) is 10.0. The quantitative estimate of drug-likeness (QED) is 0.772. The number of ether oxygens (including phenoxy) is 1. The van der Waals surface area contributed by atoms with Crippen LogP contribution in [0.25, 0.3) is 0 Å². The summed E-state index contributed by atoms with van der Waals surface area (Å²) >= 11 is 6.18. The summed E-state index contributed by atoms with van der Waals surface area (Å²) in [6.45, 7) is 1.93. The lowest BCUT2D eigenvalue weighted by Gasteiger charge is -2.30. The fourth-order valence-electron chi connectivity index (χ4n) is 2.22. The smallest absolute Gasteiger partial charge is 0.122 e. The molecule has 1 aliphatic heterocycles. The Hall–Kier alpha value is -0.560. The predicted octanol–water partition coefficient (Wildman–Crippen LogP) is 3.22. The molecule has 92 valence electrons. The number of benzene rings is 1. The van der Waals surface area contributed by atoms with Gasteiger partial charge in [0.2, 0.25) is 0 Å². The SMILES string of the molecule is COC1CP(=O)(c2ccccc2)CC(C)=C1Cl. The molecule has 0 radical (unpaired) electrons. The van der Waals surface area contributed by atoms with Crippen LogP contribution in [-0.4, -0.2) is 25.5 Å². The van der Waals surface area contributed by atoms with Gasteiger partial charge in [-0.25, -0.2) is 0 Å².